The van der Waals surface area contributed by atoms with Gasteiger partial charge >= 0.3 is 6.01 Å². The van der Waals surface area contributed by atoms with Crippen LogP contribution in [-0.2, 0) is 4.79 Å². The molecular formula is C13H12F2N4O2. The number of carbonyl (C=O) groups is 1. The lowest BCUT2D eigenvalue weighted by molar-refractivity contribution is -0.117. The van der Waals surface area contributed by atoms with Crippen LogP contribution in [0.3, 0.4) is 0 Å². The summed E-state index contributed by atoms with van der Waals surface area (Å²) in [4.78, 5) is 15.9. The first-order chi connectivity index (χ1) is 10.1. The van der Waals surface area contributed by atoms with Crippen LogP contribution in [0.5, 0.6) is 6.01 Å². The standard InChI is InChI=1S/C13H12F2N4O2/c1-21-13-17-12(18-19-13)16-11(20)8-5-7(8)6-2-3-9(14)10(15)4-6/h2-4,7-8H,5H2,1H3,(H2,16,17,18,19,20)/t7-,8+/m0/s1. The Kier molecular flexibility index (Phi) is 3.28. The Morgan fingerprint density at radius 3 is 2.90 bits per heavy atom. The molecule has 21 heavy (non-hydrogen) atoms. The fraction of sp³-hybridized carbons (Fsp3) is 0.308. The Hall–Kier alpha value is -2.51. The average Bonchev–Trinajstić information content (AvgIpc) is 3.15. The van der Waals surface area contributed by atoms with E-state index in [1.54, 1.807) is 0 Å². The molecule has 3 rings (SSSR count). The molecule has 2 atom stereocenters. The highest BCUT2D eigenvalue weighted by Gasteiger charge is 2.44. The van der Waals surface area contributed by atoms with Crippen molar-refractivity contribution in [2.45, 2.75) is 12.3 Å². The van der Waals surface area contributed by atoms with E-state index in [-0.39, 0.29) is 29.7 Å². The molecule has 110 valence electrons. The van der Waals surface area contributed by atoms with Crippen molar-refractivity contribution in [3.63, 3.8) is 0 Å². The van der Waals surface area contributed by atoms with Crippen molar-refractivity contribution in [3.05, 3.63) is 35.4 Å². The summed E-state index contributed by atoms with van der Waals surface area (Å²) >= 11 is 0. The Morgan fingerprint density at radius 1 is 1.43 bits per heavy atom. The molecule has 0 aliphatic heterocycles. The third kappa shape index (κ3) is 2.69. The van der Waals surface area contributed by atoms with E-state index in [1.807, 2.05) is 0 Å². The van der Waals surface area contributed by atoms with Crippen LogP contribution in [0.4, 0.5) is 14.7 Å². The van der Waals surface area contributed by atoms with Gasteiger partial charge in [-0.15, -0.1) is 5.10 Å². The van der Waals surface area contributed by atoms with E-state index in [0.29, 0.717) is 12.0 Å². The van der Waals surface area contributed by atoms with Gasteiger partial charge in [-0.25, -0.2) is 13.9 Å². The first-order valence-electron chi connectivity index (χ1n) is 6.30. The molecule has 1 fully saturated rings. The summed E-state index contributed by atoms with van der Waals surface area (Å²) in [6.45, 7) is 0. The molecule has 0 spiro atoms. The van der Waals surface area contributed by atoms with Crippen LogP contribution in [0.15, 0.2) is 18.2 Å². The molecule has 0 unspecified atom stereocenters. The van der Waals surface area contributed by atoms with Gasteiger partial charge in [-0.05, 0) is 30.0 Å². The Balaban J connectivity index is 1.64. The second kappa shape index (κ2) is 5.12. The molecule has 0 saturated heterocycles. The van der Waals surface area contributed by atoms with E-state index >= 15 is 0 Å². The van der Waals surface area contributed by atoms with Crippen LogP contribution in [-0.4, -0.2) is 28.2 Å². The monoisotopic (exact) mass is 294 g/mol. The second-order valence-corrected chi connectivity index (χ2v) is 4.78. The molecular weight excluding hydrogens is 282 g/mol. The smallest absolute Gasteiger partial charge is 0.336 e. The normalized spacial score (nSPS) is 20.1. The Morgan fingerprint density at radius 2 is 2.24 bits per heavy atom. The first-order valence-corrected chi connectivity index (χ1v) is 6.30. The van der Waals surface area contributed by atoms with Crippen LogP contribution in [0, 0.1) is 17.6 Å². The summed E-state index contributed by atoms with van der Waals surface area (Å²) in [5.74, 6) is -2.25. The van der Waals surface area contributed by atoms with Crippen molar-refractivity contribution in [2.24, 2.45) is 5.92 Å². The molecule has 1 aromatic heterocycles. The van der Waals surface area contributed by atoms with Gasteiger partial charge in [0.05, 0.1) is 7.11 Å². The molecule has 8 heteroatoms. The minimum atomic E-state index is -0.904. The summed E-state index contributed by atoms with van der Waals surface area (Å²) in [5, 5.41) is 8.78. The predicted octanol–water partition coefficient (Wildman–Crippen LogP) is 1.83. The molecule has 6 nitrogen and oxygen atoms in total. The van der Waals surface area contributed by atoms with E-state index in [2.05, 4.69) is 20.5 Å². The largest absolute Gasteiger partial charge is 0.466 e. The maximum Gasteiger partial charge on any atom is 0.336 e. The number of hydrogen-bond donors (Lipinski definition) is 2. The summed E-state index contributed by atoms with van der Waals surface area (Å²) in [6, 6.07) is 3.82. The molecule has 0 bridgehead atoms. The molecule has 1 aromatic carbocycles. The van der Waals surface area contributed by atoms with Gasteiger partial charge in [0.2, 0.25) is 11.9 Å². The number of halogens is 2. The number of H-pyrrole nitrogens is 1. The summed E-state index contributed by atoms with van der Waals surface area (Å²) in [5.41, 5.74) is 0.615. The fourth-order valence-electron chi connectivity index (χ4n) is 2.20. The summed E-state index contributed by atoms with van der Waals surface area (Å²) in [7, 11) is 1.41. The topological polar surface area (TPSA) is 79.9 Å². The van der Waals surface area contributed by atoms with Gasteiger partial charge in [-0.2, -0.15) is 4.98 Å². The highest BCUT2D eigenvalue weighted by Crippen LogP contribution is 2.48. The predicted molar refractivity (Wildman–Crippen MR) is 68.8 cm³/mol. The van der Waals surface area contributed by atoms with Crippen molar-refractivity contribution in [1.82, 2.24) is 15.2 Å². The van der Waals surface area contributed by atoms with Gasteiger partial charge in [-0.1, -0.05) is 6.07 Å². The van der Waals surface area contributed by atoms with Crippen LogP contribution < -0.4 is 10.1 Å². The van der Waals surface area contributed by atoms with E-state index in [4.69, 9.17) is 4.74 Å². The zero-order valence-corrected chi connectivity index (χ0v) is 11.1. The minimum Gasteiger partial charge on any atom is -0.466 e. The quantitative estimate of drug-likeness (QED) is 0.901. The third-order valence-corrected chi connectivity index (χ3v) is 3.39. The van der Waals surface area contributed by atoms with Crippen LogP contribution in [0.25, 0.3) is 0 Å². The molecule has 2 aromatic rings. The van der Waals surface area contributed by atoms with Gasteiger partial charge in [-0.3, -0.25) is 10.1 Å². The van der Waals surface area contributed by atoms with Crippen LogP contribution in [0.2, 0.25) is 0 Å². The van der Waals surface area contributed by atoms with Gasteiger partial charge in [0, 0.05) is 5.92 Å². The Labute approximate surface area is 118 Å². The second-order valence-electron chi connectivity index (χ2n) is 4.78. The number of amides is 1. The van der Waals surface area contributed by atoms with Crippen LogP contribution in [0.1, 0.15) is 17.9 Å². The van der Waals surface area contributed by atoms with E-state index in [1.165, 1.54) is 13.2 Å². The van der Waals surface area contributed by atoms with Crippen molar-refractivity contribution in [2.75, 3.05) is 12.4 Å². The van der Waals surface area contributed by atoms with Gasteiger partial charge in [0.1, 0.15) is 0 Å². The number of carbonyl (C=O) groups excluding carboxylic acids is 1. The molecule has 1 amide bonds. The van der Waals surface area contributed by atoms with Crippen molar-refractivity contribution < 1.29 is 18.3 Å². The molecule has 1 aliphatic rings. The molecule has 1 heterocycles. The zero-order valence-electron chi connectivity index (χ0n) is 11.1. The number of ether oxygens (including phenoxy) is 1. The maximum atomic E-state index is 13.2. The number of methoxy groups -OCH3 is 1. The number of nitrogens with one attached hydrogen (secondary N) is 2. The fourth-order valence-corrected chi connectivity index (χ4v) is 2.20. The lowest BCUT2D eigenvalue weighted by Gasteiger charge is -2.02. The highest BCUT2D eigenvalue weighted by atomic mass is 19.2. The highest BCUT2D eigenvalue weighted by molar-refractivity contribution is 5.93. The van der Waals surface area contributed by atoms with E-state index in [0.717, 1.165) is 12.1 Å². The van der Waals surface area contributed by atoms with E-state index in [9.17, 15) is 13.6 Å². The Bertz CT molecular complexity index is 689. The van der Waals surface area contributed by atoms with Crippen molar-refractivity contribution in [3.8, 4) is 6.01 Å². The number of rotatable bonds is 4. The third-order valence-electron chi connectivity index (χ3n) is 3.39. The van der Waals surface area contributed by atoms with E-state index < -0.39 is 11.6 Å². The number of benzene rings is 1. The van der Waals surface area contributed by atoms with Crippen molar-refractivity contribution in [1.29, 1.82) is 0 Å². The maximum absolute atomic E-state index is 13.2. The number of nitrogens with zero attached hydrogens (tertiary/aromatic N) is 2. The summed E-state index contributed by atoms with van der Waals surface area (Å²) in [6.07, 6.45) is 0.585. The SMILES string of the molecule is COc1n[nH]c(NC(=O)[C@@H]2C[C@H]2c2ccc(F)c(F)c2)n1. The van der Waals surface area contributed by atoms with Gasteiger partial charge in [0.15, 0.2) is 11.6 Å². The minimum absolute atomic E-state index is 0.107. The zero-order chi connectivity index (χ0) is 15.0. The number of hydrogen-bond acceptors (Lipinski definition) is 4. The lowest BCUT2D eigenvalue weighted by Crippen LogP contribution is -2.15. The molecule has 1 saturated carbocycles. The average molecular weight is 294 g/mol. The van der Waals surface area contributed by atoms with Gasteiger partial charge < -0.3 is 4.74 Å². The van der Waals surface area contributed by atoms with Gasteiger partial charge in [0.25, 0.3) is 0 Å². The molecule has 1 aliphatic carbocycles. The van der Waals surface area contributed by atoms with Crippen LogP contribution >= 0.6 is 0 Å². The lowest BCUT2D eigenvalue weighted by atomic mass is 10.1. The molecule has 2 N–H and O–H groups in total. The number of aromatic amines is 1. The van der Waals surface area contributed by atoms with Crippen molar-refractivity contribution >= 4 is 11.9 Å². The summed E-state index contributed by atoms with van der Waals surface area (Å²) < 4.78 is 30.8. The first kappa shape index (κ1) is 13.5. The number of anilines is 1. The number of aromatic nitrogens is 3. The molecule has 0 radical (unpaired) electrons.